The van der Waals surface area contributed by atoms with Crippen LogP contribution in [0, 0.1) is 5.92 Å². The van der Waals surface area contributed by atoms with E-state index in [-0.39, 0.29) is 0 Å². The summed E-state index contributed by atoms with van der Waals surface area (Å²) in [5.74, 6) is 0.963. The van der Waals surface area contributed by atoms with Gasteiger partial charge in [-0.05, 0) is 25.2 Å². The number of carbonyl (C=O) groups excluding carboxylic acids is 1. The van der Waals surface area contributed by atoms with E-state index in [2.05, 4.69) is 24.1 Å². The lowest BCUT2D eigenvalue weighted by molar-refractivity contribution is -0.130. The Bertz CT molecular complexity index is 234. The van der Waals surface area contributed by atoms with Gasteiger partial charge >= 0.3 is 0 Å². The van der Waals surface area contributed by atoms with Crippen molar-refractivity contribution in [1.29, 1.82) is 0 Å². The van der Waals surface area contributed by atoms with E-state index in [4.69, 9.17) is 0 Å². The predicted molar refractivity (Wildman–Crippen MR) is 60.3 cm³/mol. The van der Waals surface area contributed by atoms with Gasteiger partial charge in [0, 0.05) is 6.04 Å². The van der Waals surface area contributed by atoms with Crippen LogP contribution < -0.4 is 5.32 Å². The minimum atomic E-state index is 0.306. The van der Waals surface area contributed by atoms with Crippen molar-refractivity contribution in [2.75, 3.05) is 6.54 Å². The molecule has 1 aliphatic carbocycles. The number of nitrogens with one attached hydrogen (secondary N) is 1. The summed E-state index contributed by atoms with van der Waals surface area (Å²) in [6.45, 7) is 4.99. The van der Waals surface area contributed by atoms with E-state index in [1.165, 1.54) is 25.7 Å². The molecule has 86 valence electrons. The van der Waals surface area contributed by atoms with Gasteiger partial charge in [-0.25, -0.2) is 0 Å². The molecule has 0 radical (unpaired) electrons. The van der Waals surface area contributed by atoms with Crippen molar-refractivity contribution in [1.82, 2.24) is 10.2 Å². The third-order valence-corrected chi connectivity index (χ3v) is 3.53. The highest BCUT2D eigenvalue weighted by molar-refractivity contribution is 5.81. The first kappa shape index (κ1) is 10.9. The van der Waals surface area contributed by atoms with Crippen molar-refractivity contribution in [3.8, 4) is 0 Å². The highest BCUT2D eigenvalue weighted by atomic mass is 16.2. The van der Waals surface area contributed by atoms with Crippen molar-refractivity contribution >= 4 is 5.91 Å². The van der Waals surface area contributed by atoms with Gasteiger partial charge in [0.25, 0.3) is 0 Å². The molecule has 2 aliphatic rings. The summed E-state index contributed by atoms with van der Waals surface area (Å²) in [5.41, 5.74) is 0. The van der Waals surface area contributed by atoms with Crippen LogP contribution >= 0.6 is 0 Å². The summed E-state index contributed by atoms with van der Waals surface area (Å²) in [6.07, 6.45) is 6.40. The standard InChI is InChI=1S/C12H22N2O/c1-9(2)7-11-13-8-12(15)14(11)10-5-3-4-6-10/h9-11,13H,3-8H2,1-2H3. The molecule has 0 aromatic carbocycles. The summed E-state index contributed by atoms with van der Waals surface area (Å²) in [6, 6.07) is 0.524. The molecular weight excluding hydrogens is 188 g/mol. The van der Waals surface area contributed by atoms with Crippen molar-refractivity contribution in [3.05, 3.63) is 0 Å². The van der Waals surface area contributed by atoms with Gasteiger partial charge in [0.15, 0.2) is 0 Å². The molecule has 0 aromatic rings. The summed E-state index contributed by atoms with van der Waals surface area (Å²) in [5, 5.41) is 3.34. The highest BCUT2D eigenvalue weighted by Gasteiger charge is 2.36. The average Bonchev–Trinajstić information content (AvgIpc) is 2.74. The fraction of sp³-hybridized carbons (Fsp3) is 0.917. The van der Waals surface area contributed by atoms with Crippen molar-refractivity contribution in [2.24, 2.45) is 5.92 Å². The van der Waals surface area contributed by atoms with Gasteiger partial charge in [-0.15, -0.1) is 0 Å². The van der Waals surface area contributed by atoms with Crippen LogP contribution in [0.15, 0.2) is 0 Å². The van der Waals surface area contributed by atoms with Crippen LogP contribution in [-0.4, -0.2) is 29.6 Å². The number of carbonyl (C=O) groups is 1. The van der Waals surface area contributed by atoms with Gasteiger partial charge in [0.05, 0.1) is 12.7 Å². The van der Waals surface area contributed by atoms with E-state index >= 15 is 0 Å². The van der Waals surface area contributed by atoms with Gasteiger partial charge in [-0.3, -0.25) is 10.1 Å². The molecule has 1 N–H and O–H groups in total. The zero-order valence-electron chi connectivity index (χ0n) is 9.83. The molecule has 3 heteroatoms. The Hall–Kier alpha value is -0.570. The predicted octanol–water partition coefficient (Wildman–Crippen LogP) is 1.73. The minimum Gasteiger partial charge on any atom is -0.323 e. The molecule has 1 atom stereocenters. The quantitative estimate of drug-likeness (QED) is 0.769. The molecule has 0 aromatic heterocycles. The van der Waals surface area contributed by atoms with E-state index in [0.29, 0.717) is 30.6 Å². The minimum absolute atomic E-state index is 0.306. The fourth-order valence-corrected chi connectivity index (χ4v) is 2.85. The van der Waals surface area contributed by atoms with Crippen molar-refractivity contribution < 1.29 is 4.79 Å². The summed E-state index contributed by atoms with van der Waals surface area (Å²) < 4.78 is 0. The van der Waals surface area contributed by atoms with E-state index in [1.54, 1.807) is 0 Å². The van der Waals surface area contributed by atoms with Gasteiger partial charge in [-0.2, -0.15) is 0 Å². The molecule has 1 saturated carbocycles. The third kappa shape index (κ3) is 2.33. The van der Waals surface area contributed by atoms with Gasteiger partial charge < -0.3 is 4.90 Å². The molecule has 3 nitrogen and oxygen atoms in total. The van der Waals surface area contributed by atoms with E-state index in [1.807, 2.05) is 0 Å². The molecule has 1 saturated heterocycles. The van der Waals surface area contributed by atoms with E-state index < -0.39 is 0 Å². The maximum absolute atomic E-state index is 11.8. The first-order valence-corrected chi connectivity index (χ1v) is 6.23. The molecule has 0 bridgehead atoms. The monoisotopic (exact) mass is 210 g/mol. The first-order valence-electron chi connectivity index (χ1n) is 6.23. The molecule has 0 spiro atoms. The van der Waals surface area contributed by atoms with Crippen LogP contribution in [0.3, 0.4) is 0 Å². The Morgan fingerprint density at radius 1 is 1.40 bits per heavy atom. The average molecular weight is 210 g/mol. The number of hydrogen-bond acceptors (Lipinski definition) is 2. The van der Waals surface area contributed by atoms with Gasteiger partial charge in [0.1, 0.15) is 0 Å². The van der Waals surface area contributed by atoms with Crippen LogP contribution in [0.2, 0.25) is 0 Å². The maximum Gasteiger partial charge on any atom is 0.238 e. The van der Waals surface area contributed by atoms with Crippen LogP contribution in [0.5, 0.6) is 0 Å². The summed E-state index contributed by atoms with van der Waals surface area (Å²) in [7, 11) is 0. The van der Waals surface area contributed by atoms with Crippen LogP contribution in [0.4, 0.5) is 0 Å². The second-order valence-corrected chi connectivity index (χ2v) is 5.27. The molecule has 2 rings (SSSR count). The van der Waals surface area contributed by atoms with Gasteiger partial charge in [0.2, 0.25) is 5.91 Å². The van der Waals surface area contributed by atoms with E-state index in [0.717, 1.165) is 6.42 Å². The SMILES string of the molecule is CC(C)CC1NCC(=O)N1C1CCCC1. The van der Waals surface area contributed by atoms with Crippen molar-refractivity contribution in [3.63, 3.8) is 0 Å². The summed E-state index contributed by atoms with van der Waals surface area (Å²) >= 11 is 0. The second kappa shape index (κ2) is 4.52. The largest absolute Gasteiger partial charge is 0.323 e. The van der Waals surface area contributed by atoms with Crippen LogP contribution in [0.25, 0.3) is 0 Å². The molecular formula is C12H22N2O. The Balaban J connectivity index is 2.00. The topological polar surface area (TPSA) is 32.3 Å². The lowest BCUT2D eigenvalue weighted by atomic mass is 10.1. The highest BCUT2D eigenvalue weighted by Crippen LogP contribution is 2.28. The summed E-state index contributed by atoms with van der Waals surface area (Å²) in [4.78, 5) is 13.9. The number of hydrogen-bond donors (Lipinski definition) is 1. The lowest BCUT2D eigenvalue weighted by Gasteiger charge is -2.31. The Kier molecular flexibility index (Phi) is 3.29. The Morgan fingerprint density at radius 2 is 2.07 bits per heavy atom. The Labute approximate surface area is 92.2 Å². The third-order valence-electron chi connectivity index (χ3n) is 3.53. The second-order valence-electron chi connectivity index (χ2n) is 5.27. The molecule has 15 heavy (non-hydrogen) atoms. The molecule has 1 heterocycles. The lowest BCUT2D eigenvalue weighted by Crippen LogP contribution is -2.44. The molecule has 1 aliphatic heterocycles. The number of rotatable bonds is 3. The number of nitrogens with zero attached hydrogens (tertiary/aromatic N) is 1. The van der Waals surface area contributed by atoms with Crippen molar-refractivity contribution in [2.45, 2.75) is 58.2 Å². The normalized spacial score (nSPS) is 28.3. The van der Waals surface area contributed by atoms with Crippen LogP contribution in [0.1, 0.15) is 46.0 Å². The zero-order valence-corrected chi connectivity index (χ0v) is 9.83. The Morgan fingerprint density at radius 3 is 2.67 bits per heavy atom. The zero-order chi connectivity index (χ0) is 10.8. The molecule has 2 fully saturated rings. The smallest absolute Gasteiger partial charge is 0.238 e. The molecule has 1 amide bonds. The van der Waals surface area contributed by atoms with Crippen LogP contribution in [-0.2, 0) is 4.79 Å². The number of amides is 1. The van der Waals surface area contributed by atoms with Gasteiger partial charge in [-0.1, -0.05) is 26.7 Å². The first-order chi connectivity index (χ1) is 7.18. The van der Waals surface area contributed by atoms with E-state index in [9.17, 15) is 4.79 Å². The fourth-order valence-electron chi connectivity index (χ4n) is 2.85. The molecule has 1 unspecified atom stereocenters. The maximum atomic E-state index is 11.8.